The number of para-hydroxylation sites is 1. The Morgan fingerprint density at radius 2 is 2.23 bits per heavy atom. The number of nitrogens with zero attached hydrogens (tertiary/aromatic N) is 1. The third-order valence-electron chi connectivity index (χ3n) is 4.54. The van der Waals surface area contributed by atoms with Crippen molar-refractivity contribution in [2.75, 3.05) is 5.73 Å². The zero-order valence-electron chi connectivity index (χ0n) is 12.1. The van der Waals surface area contributed by atoms with Gasteiger partial charge in [0.25, 0.3) is 5.91 Å². The van der Waals surface area contributed by atoms with Crippen LogP contribution in [0.2, 0.25) is 0 Å². The Morgan fingerprint density at radius 3 is 2.95 bits per heavy atom. The number of hydrogen-bond acceptors (Lipinski definition) is 5. The first-order valence-electron chi connectivity index (χ1n) is 7.58. The van der Waals surface area contributed by atoms with Gasteiger partial charge in [-0.2, -0.15) is 0 Å². The smallest absolute Gasteiger partial charge is 0.263 e. The first-order valence-corrected chi connectivity index (χ1v) is 8.40. The normalized spacial score (nSPS) is 26.3. The van der Waals surface area contributed by atoms with Crippen molar-refractivity contribution in [3.05, 3.63) is 35.3 Å². The number of carbonyl (C=O) groups excluding carboxylic acids is 1. The van der Waals surface area contributed by atoms with Crippen molar-refractivity contribution in [1.29, 1.82) is 0 Å². The molecule has 1 amide bonds. The van der Waals surface area contributed by atoms with E-state index in [0.717, 1.165) is 23.4 Å². The molecule has 22 heavy (non-hydrogen) atoms. The standard InChI is InChI=1S/C16H18N4OS/c17-11-4-2-1-3-10(11)16-18-8-14(22-16)15(21)20-13-7-9-5-6-12(13)19-9/h1-4,8-9,12-13,19H,5-7,17H2,(H,20,21). The number of benzene rings is 1. The van der Waals surface area contributed by atoms with Crippen LogP contribution in [0, 0.1) is 0 Å². The van der Waals surface area contributed by atoms with Crippen LogP contribution in [0.15, 0.2) is 30.5 Å². The molecular weight excluding hydrogens is 296 g/mol. The number of carbonyl (C=O) groups is 1. The highest BCUT2D eigenvalue weighted by molar-refractivity contribution is 7.17. The molecule has 6 heteroatoms. The van der Waals surface area contributed by atoms with Crippen LogP contribution < -0.4 is 16.4 Å². The number of fused-ring (bicyclic) bond motifs is 2. The number of nitrogen functional groups attached to an aromatic ring is 1. The molecule has 2 aliphatic rings. The quantitative estimate of drug-likeness (QED) is 0.757. The number of nitrogens with one attached hydrogen (secondary N) is 2. The van der Waals surface area contributed by atoms with Gasteiger partial charge >= 0.3 is 0 Å². The van der Waals surface area contributed by atoms with Gasteiger partial charge in [0.2, 0.25) is 0 Å². The molecule has 2 aliphatic heterocycles. The highest BCUT2D eigenvalue weighted by atomic mass is 32.1. The predicted molar refractivity (Wildman–Crippen MR) is 87.8 cm³/mol. The van der Waals surface area contributed by atoms with Gasteiger partial charge in [0.05, 0.1) is 6.20 Å². The van der Waals surface area contributed by atoms with E-state index in [-0.39, 0.29) is 11.9 Å². The van der Waals surface area contributed by atoms with Crippen LogP contribution in [0.5, 0.6) is 0 Å². The van der Waals surface area contributed by atoms with Crippen molar-refractivity contribution in [3.63, 3.8) is 0 Å². The lowest BCUT2D eigenvalue weighted by Crippen LogP contribution is -2.42. The highest BCUT2D eigenvalue weighted by Crippen LogP contribution is 2.31. The van der Waals surface area contributed by atoms with E-state index in [4.69, 9.17) is 5.73 Å². The van der Waals surface area contributed by atoms with E-state index < -0.39 is 0 Å². The van der Waals surface area contributed by atoms with Gasteiger partial charge in [-0.3, -0.25) is 4.79 Å². The minimum atomic E-state index is -0.0300. The predicted octanol–water partition coefficient (Wildman–Crippen LogP) is 2.02. The first kappa shape index (κ1) is 13.7. The third kappa shape index (κ3) is 2.38. The van der Waals surface area contributed by atoms with Crippen LogP contribution in [0.1, 0.15) is 28.9 Å². The van der Waals surface area contributed by atoms with E-state index in [9.17, 15) is 4.79 Å². The van der Waals surface area contributed by atoms with Crippen LogP contribution in [0.4, 0.5) is 5.69 Å². The summed E-state index contributed by atoms with van der Waals surface area (Å²) in [5.41, 5.74) is 7.53. The highest BCUT2D eigenvalue weighted by Gasteiger charge is 2.39. The van der Waals surface area contributed by atoms with Crippen molar-refractivity contribution in [3.8, 4) is 10.6 Å². The summed E-state index contributed by atoms with van der Waals surface area (Å²) < 4.78 is 0. The number of thiazole rings is 1. The minimum Gasteiger partial charge on any atom is -0.398 e. The molecule has 2 bridgehead atoms. The Labute approximate surface area is 132 Å². The Kier molecular flexibility index (Phi) is 3.35. The number of aromatic nitrogens is 1. The van der Waals surface area contributed by atoms with Crippen LogP contribution in [0.3, 0.4) is 0 Å². The molecule has 0 saturated carbocycles. The maximum atomic E-state index is 12.4. The van der Waals surface area contributed by atoms with Gasteiger partial charge in [-0.25, -0.2) is 4.98 Å². The third-order valence-corrected chi connectivity index (χ3v) is 5.57. The molecule has 3 heterocycles. The second-order valence-corrected chi connectivity index (χ2v) is 7.01. The van der Waals surface area contributed by atoms with Crippen molar-refractivity contribution < 1.29 is 4.79 Å². The largest absolute Gasteiger partial charge is 0.398 e. The van der Waals surface area contributed by atoms with E-state index in [1.165, 1.54) is 17.8 Å². The second-order valence-electron chi connectivity index (χ2n) is 5.98. The summed E-state index contributed by atoms with van der Waals surface area (Å²) in [6.07, 6.45) is 5.06. The lowest BCUT2D eigenvalue weighted by atomic mass is 9.95. The summed E-state index contributed by atoms with van der Waals surface area (Å²) in [6.45, 7) is 0. The molecular formula is C16H18N4OS. The fourth-order valence-electron chi connectivity index (χ4n) is 3.42. The monoisotopic (exact) mass is 314 g/mol. The van der Waals surface area contributed by atoms with Crippen molar-refractivity contribution >= 4 is 22.9 Å². The maximum Gasteiger partial charge on any atom is 0.263 e. The Morgan fingerprint density at radius 1 is 1.36 bits per heavy atom. The molecule has 1 aromatic heterocycles. The molecule has 2 fully saturated rings. The van der Waals surface area contributed by atoms with Gasteiger partial charge in [-0.15, -0.1) is 11.3 Å². The second kappa shape index (κ2) is 5.37. The maximum absolute atomic E-state index is 12.4. The molecule has 3 atom stereocenters. The van der Waals surface area contributed by atoms with Crippen molar-refractivity contribution in [1.82, 2.24) is 15.6 Å². The fraction of sp³-hybridized carbons (Fsp3) is 0.375. The summed E-state index contributed by atoms with van der Waals surface area (Å²) in [5, 5.41) is 7.46. The van der Waals surface area contributed by atoms with E-state index >= 15 is 0 Å². The summed E-state index contributed by atoms with van der Waals surface area (Å²) in [7, 11) is 0. The van der Waals surface area contributed by atoms with Crippen LogP contribution >= 0.6 is 11.3 Å². The number of anilines is 1. The number of amides is 1. The molecule has 2 aromatic rings. The van der Waals surface area contributed by atoms with E-state index in [1.807, 2.05) is 24.3 Å². The average Bonchev–Trinajstić information content (AvgIpc) is 3.24. The topological polar surface area (TPSA) is 80.0 Å². The molecule has 3 unspecified atom stereocenters. The lowest BCUT2D eigenvalue weighted by Gasteiger charge is -2.20. The summed E-state index contributed by atoms with van der Waals surface area (Å²) in [5.74, 6) is -0.0300. The van der Waals surface area contributed by atoms with Gasteiger partial charge < -0.3 is 16.4 Å². The fourth-order valence-corrected chi connectivity index (χ4v) is 4.29. The zero-order chi connectivity index (χ0) is 15.1. The molecule has 5 nitrogen and oxygen atoms in total. The number of rotatable bonds is 3. The molecule has 2 saturated heterocycles. The summed E-state index contributed by atoms with van der Waals surface area (Å²) >= 11 is 1.39. The molecule has 114 valence electrons. The lowest BCUT2D eigenvalue weighted by molar-refractivity contribution is 0.0935. The van der Waals surface area contributed by atoms with Gasteiger partial charge in [-0.05, 0) is 31.4 Å². The number of nitrogens with two attached hydrogens (primary N) is 1. The van der Waals surface area contributed by atoms with Gasteiger partial charge in [0.1, 0.15) is 9.88 Å². The summed E-state index contributed by atoms with van der Waals surface area (Å²) in [4.78, 5) is 17.4. The van der Waals surface area contributed by atoms with Gasteiger partial charge in [0, 0.05) is 29.4 Å². The van der Waals surface area contributed by atoms with Crippen LogP contribution in [-0.2, 0) is 0 Å². The minimum absolute atomic E-state index is 0.0300. The van der Waals surface area contributed by atoms with Gasteiger partial charge in [0.15, 0.2) is 0 Å². The molecule has 0 spiro atoms. The van der Waals surface area contributed by atoms with E-state index in [1.54, 1.807) is 6.20 Å². The molecule has 4 rings (SSSR count). The van der Waals surface area contributed by atoms with E-state index in [0.29, 0.717) is 22.6 Å². The molecule has 0 aliphatic carbocycles. The summed E-state index contributed by atoms with van der Waals surface area (Å²) in [6, 6.07) is 8.85. The molecule has 1 aromatic carbocycles. The number of hydrogen-bond donors (Lipinski definition) is 3. The van der Waals surface area contributed by atoms with Crippen LogP contribution in [0.25, 0.3) is 10.6 Å². The van der Waals surface area contributed by atoms with Crippen LogP contribution in [-0.4, -0.2) is 29.0 Å². The van der Waals surface area contributed by atoms with Gasteiger partial charge in [-0.1, -0.05) is 12.1 Å². The first-order chi connectivity index (χ1) is 10.7. The Bertz CT molecular complexity index is 714. The zero-order valence-corrected chi connectivity index (χ0v) is 12.9. The Balaban J connectivity index is 1.49. The molecule has 4 N–H and O–H groups in total. The Hall–Kier alpha value is -1.92. The average molecular weight is 314 g/mol. The van der Waals surface area contributed by atoms with Crippen molar-refractivity contribution in [2.45, 2.75) is 37.4 Å². The van der Waals surface area contributed by atoms with Crippen molar-refractivity contribution in [2.24, 2.45) is 0 Å². The van der Waals surface area contributed by atoms with E-state index in [2.05, 4.69) is 15.6 Å². The SMILES string of the molecule is Nc1ccccc1-c1ncc(C(=O)NC2CC3CCC2N3)s1. The molecule has 0 radical (unpaired) electrons.